The minimum absolute atomic E-state index is 0.132. The first-order valence-corrected chi connectivity index (χ1v) is 5.06. The third-order valence-electron chi connectivity index (χ3n) is 2.08. The molecule has 1 aromatic carbocycles. The van der Waals surface area contributed by atoms with E-state index in [4.69, 9.17) is 4.74 Å². The largest absolute Gasteiger partial charge is 0.496 e. The Morgan fingerprint density at radius 1 is 1.20 bits per heavy atom. The van der Waals surface area contributed by atoms with Crippen molar-refractivity contribution in [3.05, 3.63) is 23.3 Å². The van der Waals surface area contributed by atoms with Crippen molar-refractivity contribution in [2.24, 2.45) is 0 Å². The van der Waals surface area contributed by atoms with Crippen molar-refractivity contribution in [1.29, 1.82) is 0 Å². The van der Waals surface area contributed by atoms with Crippen LogP contribution in [-0.2, 0) is 0 Å². The van der Waals surface area contributed by atoms with Crippen molar-refractivity contribution in [2.45, 2.75) is 24.3 Å². The molecule has 0 bridgehead atoms. The second kappa shape index (κ2) is 4.35. The van der Waals surface area contributed by atoms with E-state index < -0.39 is 5.51 Å². The molecule has 0 aromatic heterocycles. The molecule has 1 nitrogen and oxygen atoms in total. The van der Waals surface area contributed by atoms with Crippen LogP contribution in [0.2, 0.25) is 0 Å². The summed E-state index contributed by atoms with van der Waals surface area (Å²) < 4.78 is 41.7. The van der Waals surface area contributed by atoms with Gasteiger partial charge in [0.2, 0.25) is 0 Å². The van der Waals surface area contributed by atoms with Crippen LogP contribution in [-0.4, -0.2) is 12.6 Å². The maximum absolute atomic E-state index is 12.3. The highest BCUT2D eigenvalue weighted by Crippen LogP contribution is 2.43. The predicted molar refractivity (Wildman–Crippen MR) is 54.4 cm³/mol. The van der Waals surface area contributed by atoms with E-state index in [0.29, 0.717) is 5.56 Å². The molecule has 0 aliphatic rings. The SMILES string of the molecule is COc1ccc(C)c(C)c1SC(F)(F)F. The maximum Gasteiger partial charge on any atom is 0.446 e. The normalized spacial score (nSPS) is 11.6. The number of thioether (sulfide) groups is 1. The molecule has 0 amide bonds. The van der Waals surface area contributed by atoms with Crippen LogP contribution < -0.4 is 4.74 Å². The fraction of sp³-hybridized carbons (Fsp3) is 0.400. The smallest absolute Gasteiger partial charge is 0.446 e. The summed E-state index contributed by atoms with van der Waals surface area (Å²) in [6.07, 6.45) is 0. The van der Waals surface area contributed by atoms with Crippen molar-refractivity contribution in [2.75, 3.05) is 7.11 Å². The van der Waals surface area contributed by atoms with Gasteiger partial charge in [0.25, 0.3) is 0 Å². The van der Waals surface area contributed by atoms with Gasteiger partial charge >= 0.3 is 5.51 Å². The second-order valence-corrected chi connectivity index (χ2v) is 4.16. The van der Waals surface area contributed by atoms with Crippen molar-refractivity contribution in [3.8, 4) is 5.75 Å². The lowest BCUT2D eigenvalue weighted by Crippen LogP contribution is -2.02. The van der Waals surface area contributed by atoms with Crippen molar-refractivity contribution in [3.63, 3.8) is 0 Å². The van der Waals surface area contributed by atoms with Crippen LogP contribution in [0, 0.1) is 13.8 Å². The van der Waals surface area contributed by atoms with Crippen LogP contribution >= 0.6 is 11.8 Å². The van der Waals surface area contributed by atoms with E-state index in [1.807, 2.05) is 0 Å². The van der Waals surface area contributed by atoms with E-state index >= 15 is 0 Å². The Bertz CT molecular complexity index is 360. The third kappa shape index (κ3) is 3.06. The third-order valence-corrected chi connectivity index (χ3v) is 3.02. The van der Waals surface area contributed by atoms with Crippen molar-refractivity contribution in [1.82, 2.24) is 0 Å². The van der Waals surface area contributed by atoms with Gasteiger partial charge < -0.3 is 4.74 Å². The van der Waals surface area contributed by atoms with Gasteiger partial charge in [-0.15, -0.1) is 0 Å². The summed E-state index contributed by atoms with van der Waals surface area (Å²) >= 11 is -0.132. The minimum atomic E-state index is -4.29. The number of benzene rings is 1. The van der Waals surface area contributed by atoms with Gasteiger partial charge in [0, 0.05) is 0 Å². The number of rotatable bonds is 2. The van der Waals surface area contributed by atoms with Crippen LogP contribution in [0.3, 0.4) is 0 Å². The zero-order valence-corrected chi connectivity index (χ0v) is 9.42. The lowest BCUT2D eigenvalue weighted by Gasteiger charge is -2.14. The molecule has 84 valence electrons. The Balaban J connectivity index is 3.18. The summed E-state index contributed by atoms with van der Waals surface area (Å²) in [5.74, 6) is 0.264. The molecule has 0 unspecified atom stereocenters. The highest BCUT2D eigenvalue weighted by atomic mass is 32.2. The standard InChI is InChI=1S/C10H11F3OS/c1-6-4-5-8(14-3)9(7(6)2)15-10(11,12)13/h4-5H,1-3H3. The topological polar surface area (TPSA) is 9.23 Å². The van der Waals surface area contributed by atoms with Gasteiger partial charge in [-0.1, -0.05) is 6.07 Å². The summed E-state index contributed by atoms with van der Waals surface area (Å²) in [7, 11) is 1.37. The number of alkyl halides is 3. The molecule has 1 aromatic rings. The highest BCUT2D eigenvalue weighted by Gasteiger charge is 2.31. The summed E-state index contributed by atoms with van der Waals surface area (Å²) in [6.45, 7) is 3.43. The molecule has 0 spiro atoms. The summed E-state index contributed by atoms with van der Waals surface area (Å²) in [5, 5.41) is 0. The van der Waals surface area contributed by atoms with Gasteiger partial charge in [-0.2, -0.15) is 13.2 Å². The van der Waals surface area contributed by atoms with Gasteiger partial charge in [-0.3, -0.25) is 0 Å². The first kappa shape index (κ1) is 12.2. The predicted octanol–water partition coefficient (Wildman–Crippen LogP) is 3.92. The van der Waals surface area contributed by atoms with E-state index in [1.165, 1.54) is 7.11 Å². The number of halogens is 3. The zero-order chi connectivity index (χ0) is 11.6. The van der Waals surface area contributed by atoms with Crippen LogP contribution in [0.4, 0.5) is 13.2 Å². The van der Waals surface area contributed by atoms with E-state index in [-0.39, 0.29) is 22.4 Å². The fourth-order valence-corrected chi connectivity index (χ4v) is 1.97. The quantitative estimate of drug-likeness (QED) is 0.720. The zero-order valence-electron chi connectivity index (χ0n) is 8.61. The monoisotopic (exact) mass is 236 g/mol. The molecule has 0 fully saturated rings. The Morgan fingerprint density at radius 3 is 2.27 bits per heavy atom. The average molecular weight is 236 g/mol. The number of ether oxygens (including phenoxy) is 1. The summed E-state index contributed by atoms with van der Waals surface area (Å²) in [5.41, 5.74) is -2.86. The Morgan fingerprint density at radius 2 is 1.80 bits per heavy atom. The molecule has 5 heteroatoms. The van der Waals surface area contributed by atoms with E-state index in [1.54, 1.807) is 26.0 Å². The molecule has 0 radical (unpaired) electrons. The number of hydrogen-bond acceptors (Lipinski definition) is 2. The summed E-state index contributed by atoms with van der Waals surface area (Å²) in [6, 6.07) is 3.30. The number of hydrogen-bond donors (Lipinski definition) is 0. The van der Waals surface area contributed by atoms with Crippen molar-refractivity contribution < 1.29 is 17.9 Å². The number of methoxy groups -OCH3 is 1. The lowest BCUT2D eigenvalue weighted by atomic mass is 10.1. The highest BCUT2D eigenvalue weighted by molar-refractivity contribution is 8.00. The first-order chi connectivity index (χ1) is 6.85. The molecule has 15 heavy (non-hydrogen) atoms. The Kier molecular flexibility index (Phi) is 3.54. The van der Waals surface area contributed by atoms with E-state index in [2.05, 4.69) is 0 Å². The first-order valence-electron chi connectivity index (χ1n) is 4.25. The molecule has 0 N–H and O–H groups in total. The summed E-state index contributed by atoms with van der Waals surface area (Å²) in [4.78, 5) is 0.144. The Hall–Kier alpha value is -0.840. The van der Waals surface area contributed by atoms with Crippen molar-refractivity contribution >= 4 is 11.8 Å². The fourth-order valence-electron chi connectivity index (χ4n) is 1.17. The van der Waals surface area contributed by atoms with Gasteiger partial charge in [0.05, 0.1) is 12.0 Å². The molecular formula is C10H11F3OS. The van der Waals surface area contributed by atoms with Gasteiger partial charge in [-0.25, -0.2) is 0 Å². The van der Waals surface area contributed by atoms with E-state index in [9.17, 15) is 13.2 Å². The van der Waals surface area contributed by atoms with E-state index in [0.717, 1.165) is 5.56 Å². The van der Waals surface area contributed by atoms with Gasteiger partial charge in [-0.05, 0) is 42.8 Å². The maximum atomic E-state index is 12.3. The molecule has 0 saturated heterocycles. The average Bonchev–Trinajstić information content (AvgIpc) is 2.11. The molecule has 0 heterocycles. The van der Waals surface area contributed by atoms with Crippen LogP contribution in [0.25, 0.3) is 0 Å². The molecule has 1 rings (SSSR count). The minimum Gasteiger partial charge on any atom is -0.496 e. The van der Waals surface area contributed by atoms with Gasteiger partial charge in [0.15, 0.2) is 0 Å². The number of aryl methyl sites for hydroxylation is 1. The molecule has 0 aliphatic carbocycles. The molecule has 0 atom stereocenters. The van der Waals surface area contributed by atoms with Crippen LogP contribution in [0.15, 0.2) is 17.0 Å². The molecular weight excluding hydrogens is 225 g/mol. The molecule has 0 aliphatic heterocycles. The molecule has 0 saturated carbocycles. The Labute approximate surface area is 90.6 Å². The van der Waals surface area contributed by atoms with Crippen LogP contribution in [0.5, 0.6) is 5.75 Å². The van der Waals surface area contributed by atoms with Gasteiger partial charge in [0.1, 0.15) is 5.75 Å². The van der Waals surface area contributed by atoms with Crippen LogP contribution in [0.1, 0.15) is 11.1 Å². The lowest BCUT2D eigenvalue weighted by molar-refractivity contribution is -0.0329. The second-order valence-electron chi connectivity index (χ2n) is 3.09.